The van der Waals surface area contributed by atoms with Gasteiger partial charge in [0.25, 0.3) is 0 Å². The van der Waals surface area contributed by atoms with E-state index >= 15 is 0 Å². The Bertz CT molecular complexity index is 531. The van der Waals surface area contributed by atoms with Gasteiger partial charge in [-0.25, -0.2) is 0 Å². The molecule has 0 radical (unpaired) electrons. The first-order valence-electron chi connectivity index (χ1n) is 4.79. The van der Waals surface area contributed by atoms with Crippen LogP contribution < -0.4 is 4.35 Å². The number of hydrogen-bond donors (Lipinski definition) is 2. The fourth-order valence-corrected chi connectivity index (χ4v) is 3.26. The third-order valence-corrected chi connectivity index (χ3v) is 4.44. The van der Waals surface area contributed by atoms with Gasteiger partial charge in [0.15, 0.2) is 0 Å². The van der Waals surface area contributed by atoms with Crippen LogP contribution in [0.1, 0.15) is 0 Å². The van der Waals surface area contributed by atoms with Crippen LogP contribution in [0.15, 0.2) is 54.6 Å². The van der Waals surface area contributed by atoms with Crippen LogP contribution in [0.3, 0.4) is 0 Å². The molecule has 4 heteroatoms. The summed E-state index contributed by atoms with van der Waals surface area (Å²) in [5.41, 5.74) is 1.43. The van der Waals surface area contributed by atoms with Crippen LogP contribution in [0.25, 0.3) is 11.1 Å². The maximum absolute atomic E-state index is 11.4. The van der Waals surface area contributed by atoms with Crippen molar-refractivity contribution in [1.29, 1.82) is 0 Å². The molecule has 2 aromatic rings. The van der Waals surface area contributed by atoms with Gasteiger partial charge in [-0.05, 0) is 0 Å². The van der Waals surface area contributed by atoms with Gasteiger partial charge < -0.3 is 0 Å². The second-order valence-electron chi connectivity index (χ2n) is 3.43. The van der Waals surface area contributed by atoms with Crippen LogP contribution in [-0.4, -0.2) is 22.4 Å². The molecule has 0 bridgehead atoms. The van der Waals surface area contributed by atoms with Gasteiger partial charge >= 0.3 is 96.2 Å². The number of hydrogen-bond acceptors (Lipinski definition) is 1. The molecular weight excluding hydrogens is 267 g/mol. The van der Waals surface area contributed by atoms with Crippen LogP contribution in [0.2, 0.25) is 0 Å². The van der Waals surface area contributed by atoms with Crippen LogP contribution in [0, 0.1) is 0 Å². The molecule has 0 aliphatic rings. The first kappa shape index (κ1) is 11.2. The number of benzene rings is 2. The Hall–Kier alpha value is -1.28. The van der Waals surface area contributed by atoms with Gasteiger partial charge in [-0.3, -0.25) is 0 Å². The topological polar surface area (TPSA) is 57.5 Å². The Kier molecular flexibility index (Phi) is 3.01. The van der Waals surface area contributed by atoms with Crippen molar-refractivity contribution in [2.75, 3.05) is 0 Å². The van der Waals surface area contributed by atoms with Crippen molar-refractivity contribution >= 4 is 18.5 Å². The summed E-state index contributed by atoms with van der Waals surface area (Å²) < 4.78 is 30.1. The van der Waals surface area contributed by atoms with E-state index in [-0.39, 0.29) is 4.35 Å². The zero-order valence-corrected chi connectivity index (χ0v) is 10.3. The number of rotatable bonds is 2. The van der Waals surface area contributed by atoms with Gasteiger partial charge in [-0.2, -0.15) is 0 Å². The SMILES string of the molecule is O=[As](O)(O)c1ccccc1-c1ccccc1. The van der Waals surface area contributed by atoms with E-state index in [1.54, 1.807) is 18.2 Å². The Labute approximate surface area is 96.4 Å². The van der Waals surface area contributed by atoms with Crippen LogP contribution in [0.5, 0.6) is 0 Å². The van der Waals surface area contributed by atoms with E-state index in [1.165, 1.54) is 6.07 Å². The van der Waals surface area contributed by atoms with Crippen LogP contribution in [-0.2, 0) is 3.74 Å². The van der Waals surface area contributed by atoms with Gasteiger partial charge in [-0.1, -0.05) is 0 Å². The summed E-state index contributed by atoms with van der Waals surface area (Å²) in [5.74, 6) is 0. The predicted octanol–water partition coefficient (Wildman–Crippen LogP) is 0.915. The van der Waals surface area contributed by atoms with Crippen molar-refractivity contribution < 1.29 is 11.9 Å². The van der Waals surface area contributed by atoms with Crippen molar-refractivity contribution in [3.63, 3.8) is 0 Å². The van der Waals surface area contributed by atoms with Crippen LogP contribution in [0.4, 0.5) is 0 Å². The minimum absolute atomic E-state index is 0.131. The second-order valence-corrected chi connectivity index (χ2v) is 6.72. The first-order valence-corrected chi connectivity index (χ1v) is 8.18. The third-order valence-electron chi connectivity index (χ3n) is 2.30. The van der Waals surface area contributed by atoms with E-state index in [4.69, 9.17) is 0 Å². The molecule has 0 unspecified atom stereocenters. The average Bonchev–Trinajstić information content (AvgIpc) is 2.29. The van der Waals surface area contributed by atoms with E-state index in [9.17, 15) is 11.9 Å². The normalized spacial score (nSPS) is 11.4. The minimum atomic E-state index is -4.85. The summed E-state index contributed by atoms with van der Waals surface area (Å²) >= 11 is -4.85. The average molecular weight is 278 g/mol. The molecular formula is C12H11AsO3. The molecule has 2 aromatic carbocycles. The summed E-state index contributed by atoms with van der Waals surface area (Å²) in [4.78, 5) is 0. The van der Waals surface area contributed by atoms with E-state index < -0.39 is 14.2 Å². The van der Waals surface area contributed by atoms with Crippen molar-refractivity contribution in [2.45, 2.75) is 0 Å². The maximum atomic E-state index is 11.4. The van der Waals surface area contributed by atoms with E-state index in [1.807, 2.05) is 30.3 Å². The summed E-state index contributed by atoms with van der Waals surface area (Å²) in [7, 11) is 0. The summed E-state index contributed by atoms with van der Waals surface area (Å²) in [6, 6.07) is 15.9. The summed E-state index contributed by atoms with van der Waals surface area (Å²) in [5, 5.41) is 0. The molecule has 0 aliphatic carbocycles. The molecule has 0 atom stereocenters. The Morgan fingerprint density at radius 2 is 1.38 bits per heavy atom. The molecule has 0 aromatic heterocycles. The predicted molar refractivity (Wildman–Crippen MR) is 62.4 cm³/mol. The standard InChI is InChI=1S/C12H11AsO3/c14-13(15,16)12-9-5-4-8-11(12)10-6-2-1-3-7-10/h1-9H,(H2,14,15,16). The molecule has 82 valence electrons. The molecule has 0 aliphatic heterocycles. The summed E-state index contributed by atoms with van der Waals surface area (Å²) in [6.07, 6.45) is 0. The first-order chi connectivity index (χ1) is 7.59. The van der Waals surface area contributed by atoms with Gasteiger partial charge in [0, 0.05) is 0 Å². The fraction of sp³-hybridized carbons (Fsp3) is 0. The quantitative estimate of drug-likeness (QED) is 0.803. The van der Waals surface area contributed by atoms with Crippen molar-refractivity contribution in [3.05, 3.63) is 54.6 Å². The zero-order chi connectivity index (χ0) is 11.6. The summed E-state index contributed by atoms with van der Waals surface area (Å²) in [6.45, 7) is 0. The molecule has 0 amide bonds. The molecule has 3 nitrogen and oxygen atoms in total. The molecule has 0 heterocycles. The van der Waals surface area contributed by atoms with E-state index in [0.717, 1.165) is 5.56 Å². The van der Waals surface area contributed by atoms with Crippen LogP contribution >= 0.6 is 0 Å². The third kappa shape index (κ3) is 2.27. The van der Waals surface area contributed by atoms with Gasteiger partial charge in [-0.15, -0.1) is 0 Å². The van der Waals surface area contributed by atoms with Gasteiger partial charge in [0.2, 0.25) is 0 Å². The molecule has 0 fully saturated rings. The zero-order valence-electron chi connectivity index (χ0n) is 8.45. The van der Waals surface area contributed by atoms with Gasteiger partial charge in [0.1, 0.15) is 0 Å². The molecule has 0 spiro atoms. The van der Waals surface area contributed by atoms with E-state index in [0.29, 0.717) is 5.56 Å². The Morgan fingerprint density at radius 3 is 2.00 bits per heavy atom. The Morgan fingerprint density at radius 1 is 0.812 bits per heavy atom. The molecule has 0 saturated heterocycles. The monoisotopic (exact) mass is 278 g/mol. The Balaban J connectivity index is 2.63. The van der Waals surface area contributed by atoms with Crippen molar-refractivity contribution in [3.8, 4) is 11.1 Å². The molecule has 16 heavy (non-hydrogen) atoms. The van der Waals surface area contributed by atoms with Gasteiger partial charge in [0.05, 0.1) is 0 Å². The van der Waals surface area contributed by atoms with E-state index in [2.05, 4.69) is 0 Å². The molecule has 0 saturated carbocycles. The molecule has 2 rings (SSSR count). The van der Waals surface area contributed by atoms with Crippen molar-refractivity contribution in [1.82, 2.24) is 0 Å². The van der Waals surface area contributed by atoms with Crippen molar-refractivity contribution in [2.24, 2.45) is 0 Å². The second kappa shape index (κ2) is 4.30. The fourth-order valence-electron chi connectivity index (χ4n) is 1.59. The molecule has 2 N–H and O–H groups in total.